The fraction of sp³-hybridized carbons (Fsp3) is 0.118. The molecule has 0 bridgehead atoms. The predicted molar refractivity (Wildman–Crippen MR) is 164 cm³/mol. The van der Waals surface area contributed by atoms with Gasteiger partial charge in [0, 0.05) is 23.6 Å². The van der Waals surface area contributed by atoms with Crippen LogP contribution in [0.25, 0.3) is 6.08 Å². The molecule has 216 valence electrons. The highest BCUT2D eigenvalue weighted by Crippen LogP contribution is 2.34. The number of rotatable bonds is 8. The van der Waals surface area contributed by atoms with Crippen molar-refractivity contribution in [2.75, 3.05) is 25.7 Å². The number of carbonyl (C=O) groups is 3. The molecule has 0 atom stereocenters. The molecular formula is C34H29N3O6. The van der Waals surface area contributed by atoms with Gasteiger partial charge in [0.15, 0.2) is 5.76 Å². The molecule has 9 nitrogen and oxygen atoms in total. The average Bonchev–Trinajstić information content (AvgIpc) is 3.34. The summed E-state index contributed by atoms with van der Waals surface area (Å²) in [7, 11) is 2.50. The van der Waals surface area contributed by atoms with Gasteiger partial charge in [-0.05, 0) is 73.2 Å². The SMILES string of the molecule is CCN1C(=O)C(=Cc2ccc(N(c3ccccc3)c3ccccc3)cc2)OC1=Nc1cc(C(=O)OC)ccc1C(=O)OC. The van der Waals surface area contributed by atoms with Crippen molar-refractivity contribution in [1.82, 2.24) is 4.90 Å². The molecule has 4 aromatic carbocycles. The van der Waals surface area contributed by atoms with Crippen LogP contribution in [0.4, 0.5) is 22.7 Å². The van der Waals surface area contributed by atoms with E-state index in [0.717, 1.165) is 22.6 Å². The molecule has 0 unspecified atom stereocenters. The number of nitrogens with zero attached hydrogens (tertiary/aromatic N) is 3. The minimum atomic E-state index is -0.654. The van der Waals surface area contributed by atoms with Crippen molar-refractivity contribution in [2.45, 2.75) is 6.92 Å². The molecule has 43 heavy (non-hydrogen) atoms. The Balaban J connectivity index is 1.47. The molecule has 9 heteroatoms. The van der Waals surface area contributed by atoms with Crippen molar-refractivity contribution in [1.29, 1.82) is 0 Å². The first kappa shape index (κ1) is 28.8. The molecule has 1 fully saturated rings. The molecule has 0 spiro atoms. The van der Waals surface area contributed by atoms with Gasteiger partial charge in [0.2, 0.25) is 0 Å². The molecule has 1 heterocycles. The van der Waals surface area contributed by atoms with Crippen molar-refractivity contribution < 1.29 is 28.6 Å². The lowest BCUT2D eigenvalue weighted by Gasteiger charge is -2.25. The van der Waals surface area contributed by atoms with Gasteiger partial charge in [0.05, 0.1) is 31.0 Å². The first-order valence-corrected chi connectivity index (χ1v) is 13.5. The number of benzene rings is 4. The lowest BCUT2D eigenvalue weighted by molar-refractivity contribution is -0.122. The second kappa shape index (κ2) is 12.9. The largest absolute Gasteiger partial charge is 0.465 e. The van der Waals surface area contributed by atoms with Gasteiger partial charge in [0.25, 0.3) is 5.91 Å². The fourth-order valence-electron chi connectivity index (χ4n) is 4.60. The number of likely N-dealkylation sites (N-methyl/N-ethyl adjacent to an activating group) is 1. The Morgan fingerprint density at radius 3 is 1.95 bits per heavy atom. The van der Waals surface area contributed by atoms with Gasteiger partial charge in [-0.25, -0.2) is 9.59 Å². The van der Waals surface area contributed by atoms with Crippen molar-refractivity contribution in [3.63, 3.8) is 0 Å². The number of hydrogen-bond acceptors (Lipinski definition) is 8. The smallest absolute Gasteiger partial charge is 0.340 e. The van der Waals surface area contributed by atoms with E-state index >= 15 is 0 Å². The number of carbonyl (C=O) groups excluding carboxylic acids is 3. The average molecular weight is 576 g/mol. The maximum absolute atomic E-state index is 13.3. The zero-order valence-electron chi connectivity index (χ0n) is 23.9. The number of ether oxygens (including phenoxy) is 3. The van der Waals surface area contributed by atoms with Gasteiger partial charge in [0.1, 0.15) is 0 Å². The van der Waals surface area contributed by atoms with Crippen LogP contribution in [-0.4, -0.2) is 49.5 Å². The molecule has 1 aliphatic rings. The number of amidine groups is 1. The summed E-state index contributed by atoms with van der Waals surface area (Å²) in [5.41, 5.74) is 4.09. The van der Waals surface area contributed by atoms with Gasteiger partial charge in [-0.15, -0.1) is 0 Å². The lowest BCUT2D eigenvalue weighted by atomic mass is 10.1. The van der Waals surface area contributed by atoms with Gasteiger partial charge in [-0.3, -0.25) is 9.69 Å². The molecule has 4 aromatic rings. The van der Waals surface area contributed by atoms with E-state index in [9.17, 15) is 14.4 Å². The summed E-state index contributed by atoms with van der Waals surface area (Å²) < 4.78 is 15.6. The zero-order valence-corrected chi connectivity index (χ0v) is 23.9. The standard InChI is InChI=1S/C34H29N3O6/c1-4-36-31(38)30(43-34(36)35-29-22-24(32(39)41-2)17-20-28(29)33(40)42-3)21-23-15-18-27(19-16-23)37(25-11-7-5-8-12-25)26-13-9-6-10-14-26/h5-22H,4H2,1-3H3. The Hall–Kier alpha value is -5.70. The minimum absolute atomic E-state index is 0.0260. The van der Waals surface area contributed by atoms with E-state index in [1.54, 1.807) is 13.0 Å². The van der Waals surface area contributed by atoms with Crippen LogP contribution in [0.5, 0.6) is 0 Å². The third-order valence-electron chi connectivity index (χ3n) is 6.72. The van der Waals surface area contributed by atoms with E-state index in [0.29, 0.717) is 0 Å². The number of esters is 2. The van der Waals surface area contributed by atoms with E-state index in [-0.39, 0.29) is 41.0 Å². The predicted octanol–water partition coefficient (Wildman–Crippen LogP) is 6.64. The van der Waals surface area contributed by atoms with Crippen LogP contribution >= 0.6 is 0 Å². The number of methoxy groups -OCH3 is 2. The maximum atomic E-state index is 13.3. The van der Waals surface area contributed by atoms with E-state index in [1.165, 1.54) is 37.3 Å². The van der Waals surface area contributed by atoms with Crippen molar-refractivity contribution in [3.05, 3.63) is 126 Å². The third-order valence-corrected chi connectivity index (χ3v) is 6.72. The van der Waals surface area contributed by atoms with Crippen LogP contribution in [0.3, 0.4) is 0 Å². The molecule has 1 aliphatic heterocycles. The zero-order chi connectivity index (χ0) is 30.3. The quantitative estimate of drug-likeness (QED) is 0.172. The molecule has 0 aliphatic carbocycles. The number of aliphatic imine (C=N–C) groups is 1. The second-order valence-corrected chi connectivity index (χ2v) is 9.37. The van der Waals surface area contributed by atoms with Crippen molar-refractivity contribution in [2.24, 2.45) is 4.99 Å². The number of amides is 1. The summed E-state index contributed by atoms with van der Waals surface area (Å²) in [4.78, 5) is 45.7. The van der Waals surface area contributed by atoms with Gasteiger partial charge in [-0.1, -0.05) is 48.5 Å². The molecule has 5 rings (SSSR count). The van der Waals surface area contributed by atoms with Crippen molar-refractivity contribution >= 4 is 52.7 Å². The van der Waals surface area contributed by atoms with Crippen molar-refractivity contribution in [3.8, 4) is 0 Å². The first-order valence-electron chi connectivity index (χ1n) is 13.5. The van der Waals surface area contributed by atoms with Gasteiger partial charge in [-0.2, -0.15) is 4.99 Å². The van der Waals surface area contributed by atoms with Crippen LogP contribution in [0.15, 0.2) is 114 Å². The normalized spacial score (nSPS) is 14.5. The lowest BCUT2D eigenvalue weighted by Crippen LogP contribution is -2.29. The van der Waals surface area contributed by atoms with Crippen LogP contribution in [0, 0.1) is 0 Å². The van der Waals surface area contributed by atoms with Crippen LogP contribution in [0.1, 0.15) is 33.2 Å². The van der Waals surface area contributed by atoms with E-state index < -0.39 is 11.9 Å². The minimum Gasteiger partial charge on any atom is -0.465 e. The highest BCUT2D eigenvalue weighted by Gasteiger charge is 2.34. The van der Waals surface area contributed by atoms with Crippen LogP contribution in [0.2, 0.25) is 0 Å². The molecule has 0 aromatic heterocycles. The molecule has 0 N–H and O–H groups in total. The number of anilines is 3. The summed E-state index contributed by atoms with van der Waals surface area (Å²) in [5, 5.41) is 0. The molecular weight excluding hydrogens is 546 g/mol. The summed E-state index contributed by atoms with van der Waals surface area (Å²) in [6.45, 7) is 2.05. The summed E-state index contributed by atoms with van der Waals surface area (Å²) >= 11 is 0. The Labute approximate surface area is 249 Å². The van der Waals surface area contributed by atoms with E-state index in [1.807, 2.05) is 84.9 Å². The Bertz CT molecular complexity index is 1660. The Morgan fingerprint density at radius 1 is 0.814 bits per heavy atom. The monoisotopic (exact) mass is 575 g/mol. The van der Waals surface area contributed by atoms with E-state index in [2.05, 4.69) is 9.89 Å². The summed E-state index contributed by atoms with van der Waals surface area (Å²) in [6.07, 6.45) is 1.64. The van der Waals surface area contributed by atoms with Crippen LogP contribution in [-0.2, 0) is 19.0 Å². The highest BCUT2D eigenvalue weighted by atomic mass is 16.5. The number of hydrogen-bond donors (Lipinski definition) is 0. The van der Waals surface area contributed by atoms with Crippen LogP contribution < -0.4 is 4.90 Å². The second-order valence-electron chi connectivity index (χ2n) is 9.37. The molecule has 0 radical (unpaired) electrons. The summed E-state index contributed by atoms with van der Waals surface area (Å²) in [6, 6.07) is 32.0. The van der Waals surface area contributed by atoms with E-state index in [4.69, 9.17) is 14.2 Å². The molecule has 1 amide bonds. The number of para-hydroxylation sites is 2. The van der Waals surface area contributed by atoms with Gasteiger partial charge < -0.3 is 19.1 Å². The highest BCUT2D eigenvalue weighted by molar-refractivity contribution is 6.12. The third kappa shape index (κ3) is 6.15. The molecule has 0 saturated carbocycles. The summed E-state index contributed by atoms with van der Waals surface area (Å²) in [5.74, 6) is -1.57. The Kier molecular flexibility index (Phi) is 8.62. The maximum Gasteiger partial charge on any atom is 0.340 e. The topological polar surface area (TPSA) is 97.7 Å². The fourth-order valence-corrected chi connectivity index (χ4v) is 4.60. The Morgan fingerprint density at radius 2 is 1.40 bits per heavy atom. The van der Waals surface area contributed by atoms with Gasteiger partial charge >= 0.3 is 18.0 Å². The molecule has 1 saturated heterocycles. The first-order chi connectivity index (χ1) is 20.9.